The highest BCUT2D eigenvalue weighted by Gasteiger charge is 2.24. The topological polar surface area (TPSA) is 194 Å². The van der Waals surface area contributed by atoms with E-state index in [1.807, 2.05) is 36.4 Å². The molecule has 17 heteroatoms. The van der Waals surface area contributed by atoms with Gasteiger partial charge >= 0.3 is 0 Å². The molecule has 2 saturated heterocycles. The fourth-order valence-corrected chi connectivity index (χ4v) is 6.76. The zero-order chi connectivity index (χ0) is 38.5. The summed E-state index contributed by atoms with van der Waals surface area (Å²) in [5.41, 5.74) is 6.22. The number of likely N-dealkylation sites (tertiary alicyclic amines) is 1. The summed E-state index contributed by atoms with van der Waals surface area (Å²) in [6, 6.07) is 11.4. The second kappa shape index (κ2) is 17.7. The van der Waals surface area contributed by atoms with Crippen LogP contribution >= 0.6 is 12.4 Å². The molecule has 294 valence electrons. The average molecular weight is 785 g/mol. The van der Waals surface area contributed by atoms with Crippen molar-refractivity contribution in [1.29, 1.82) is 0 Å². The van der Waals surface area contributed by atoms with Crippen LogP contribution in [-0.4, -0.2) is 120 Å². The average Bonchev–Trinajstić information content (AvgIpc) is 4.05. The monoisotopic (exact) mass is 784 g/mol. The summed E-state index contributed by atoms with van der Waals surface area (Å²) >= 11 is 0. The molecule has 2 aromatic carbocycles. The van der Waals surface area contributed by atoms with Crippen molar-refractivity contribution in [2.45, 2.75) is 24.9 Å². The first-order valence-corrected chi connectivity index (χ1v) is 17.9. The zero-order valence-corrected chi connectivity index (χ0v) is 32.6. The fourth-order valence-electron chi connectivity index (χ4n) is 6.76. The second-order valence-electron chi connectivity index (χ2n) is 13.3. The molecule has 5 N–H and O–H groups in total. The van der Waals surface area contributed by atoms with Gasteiger partial charge in [-0.05, 0) is 69.4 Å². The van der Waals surface area contributed by atoms with E-state index in [1.165, 1.54) is 0 Å². The number of carbonyl (C=O) groups is 2. The molecular weight excluding hydrogens is 740 g/mol. The van der Waals surface area contributed by atoms with Gasteiger partial charge in [0.05, 0.1) is 63.3 Å². The van der Waals surface area contributed by atoms with Crippen molar-refractivity contribution < 1.29 is 28.5 Å². The lowest BCUT2D eigenvalue weighted by Crippen LogP contribution is -2.36. The predicted octanol–water partition coefficient (Wildman–Crippen LogP) is 4.23. The lowest BCUT2D eigenvalue weighted by Gasteiger charge is -2.12. The summed E-state index contributed by atoms with van der Waals surface area (Å²) < 4.78 is 21.3. The Balaban J connectivity index is 0.000000187. The zero-order valence-electron chi connectivity index (χ0n) is 31.8. The van der Waals surface area contributed by atoms with Crippen LogP contribution in [0.3, 0.4) is 0 Å². The minimum Gasteiger partial charge on any atom is -0.493 e. The van der Waals surface area contributed by atoms with E-state index in [2.05, 4.69) is 57.8 Å². The molecule has 0 saturated carbocycles. The Hall–Kier alpha value is -5.97. The highest BCUT2D eigenvalue weighted by atomic mass is 35.5. The van der Waals surface area contributed by atoms with Crippen LogP contribution < -0.4 is 34.9 Å². The van der Waals surface area contributed by atoms with E-state index in [4.69, 9.17) is 18.9 Å². The van der Waals surface area contributed by atoms with Crippen LogP contribution in [-0.2, 0) is 0 Å². The number of hydrogen-bond donors (Lipinski definition) is 5. The number of nitrogens with one attached hydrogen (secondary N) is 5. The molecule has 0 spiro atoms. The minimum atomic E-state index is -0.145. The van der Waals surface area contributed by atoms with Gasteiger partial charge in [0.25, 0.3) is 11.8 Å². The van der Waals surface area contributed by atoms with Crippen molar-refractivity contribution in [3.05, 3.63) is 72.3 Å². The molecule has 2 amide bonds. The van der Waals surface area contributed by atoms with Gasteiger partial charge in [0.2, 0.25) is 0 Å². The summed E-state index contributed by atoms with van der Waals surface area (Å²) in [6.45, 7) is 3.55. The number of benzene rings is 2. The number of halogens is 1. The van der Waals surface area contributed by atoms with Crippen molar-refractivity contribution in [2.24, 2.45) is 0 Å². The van der Waals surface area contributed by atoms with Crippen LogP contribution in [0.15, 0.2) is 61.2 Å². The first-order valence-electron chi connectivity index (χ1n) is 17.9. The van der Waals surface area contributed by atoms with E-state index < -0.39 is 0 Å². The number of likely N-dealkylation sites (N-methyl/N-ethyl adjacent to an activating group) is 1. The van der Waals surface area contributed by atoms with E-state index in [9.17, 15) is 9.59 Å². The van der Waals surface area contributed by atoms with Gasteiger partial charge < -0.3 is 49.8 Å². The number of hydrogen-bond acceptors (Lipinski definition) is 12. The summed E-state index contributed by atoms with van der Waals surface area (Å²) in [5.74, 6) is 2.22. The van der Waals surface area contributed by atoms with Crippen molar-refractivity contribution in [3.63, 3.8) is 0 Å². The lowest BCUT2D eigenvalue weighted by molar-refractivity contribution is 0.0932. The number of ether oxygens (including phenoxy) is 4. The quantitative estimate of drug-likeness (QED) is 0.133. The maximum absolute atomic E-state index is 12.8. The number of carbonyl (C=O) groups excluding carboxylic acids is 2. The summed E-state index contributed by atoms with van der Waals surface area (Å²) in [5, 5.41) is 9.37. The molecule has 6 heterocycles. The van der Waals surface area contributed by atoms with Crippen molar-refractivity contribution in [1.82, 2.24) is 50.8 Å². The standard InChI is InChI=1S/C20H23N5O3.C19H21N5O3.ClH/c1-25-7-6-13(11-25)23-20(26)14-9-21-19-18(14)24-15(10-22-19)12-4-5-16(27-2)17(8-12)28-3;1-26-15-4-3-11(7-16(15)27-2)14-10-22-18-17(24-14)13(9-21-18)19(25)23-12-5-6-20-8-12;/h4-5,8-10,13H,6-7,11H2,1-3H3,(H,21,22)(H,23,26);3-4,7,9-10,12,20H,5-6,8H2,1-2H3,(H,21,22)(H,23,25);1H. The van der Waals surface area contributed by atoms with Gasteiger partial charge in [-0.15, -0.1) is 12.4 Å². The van der Waals surface area contributed by atoms with Gasteiger partial charge in [0.1, 0.15) is 11.0 Å². The Bertz CT molecular complexity index is 2330. The SMILES string of the molecule is COc1ccc(-c2cnc3[nH]cc(C(=O)NC4CCN(C)C4)c3n2)cc1OC.COc1ccc(-c2cnc3[nH]cc(C(=O)NC4CCNC4)c3n2)cc1OC.Cl. The van der Waals surface area contributed by atoms with Gasteiger partial charge in [-0.3, -0.25) is 9.59 Å². The molecule has 0 aliphatic carbocycles. The molecular formula is C39H45ClN10O6. The van der Waals surface area contributed by atoms with E-state index in [-0.39, 0.29) is 36.3 Å². The van der Waals surface area contributed by atoms with Crippen LogP contribution in [0.4, 0.5) is 0 Å². The molecule has 2 atom stereocenters. The maximum Gasteiger partial charge on any atom is 0.255 e. The van der Waals surface area contributed by atoms with Gasteiger partial charge in [0, 0.05) is 48.7 Å². The first-order chi connectivity index (χ1) is 26.8. The van der Waals surface area contributed by atoms with Crippen molar-refractivity contribution in [2.75, 3.05) is 61.7 Å². The molecule has 6 aromatic rings. The van der Waals surface area contributed by atoms with Crippen LogP contribution in [0.2, 0.25) is 0 Å². The van der Waals surface area contributed by atoms with Crippen molar-refractivity contribution in [3.8, 4) is 45.5 Å². The molecule has 8 rings (SSSR count). The number of nitrogens with zero attached hydrogens (tertiary/aromatic N) is 5. The van der Waals surface area contributed by atoms with Crippen LogP contribution in [0.25, 0.3) is 44.8 Å². The van der Waals surface area contributed by atoms with Crippen LogP contribution in [0, 0.1) is 0 Å². The Morgan fingerprint density at radius 2 is 1.21 bits per heavy atom. The predicted molar refractivity (Wildman–Crippen MR) is 214 cm³/mol. The van der Waals surface area contributed by atoms with E-state index in [0.29, 0.717) is 67.8 Å². The third-order valence-corrected chi connectivity index (χ3v) is 9.73. The Kier molecular flexibility index (Phi) is 12.5. The van der Waals surface area contributed by atoms with Crippen molar-refractivity contribution >= 4 is 46.5 Å². The Morgan fingerprint density at radius 3 is 1.64 bits per heavy atom. The molecule has 0 bridgehead atoms. The highest BCUT2D eigenvalue weighted by Crippen LogP contribution is 2.33. The number of aromatic amines is 2. The smallest absolute Gasteiger partial charge is 0.255 e. The Morgan fingerprint density at radius 1 is 0.714 bits per heavy atom. The summed E-state index contributed by atoms with van der Waals surface area (Å²) in [7, 11) is 8.41. The van der Waals surface area contributed by atoms with E-state index in [0.717, 1.165) is 50.1 Å². The molecule has 2 aliphatic rings. The first kappa shape index (κ1) is 39.7. The number of methoxy groups -OCH3 is 4. The normalized spacial score (nSPS) is 16.4. The summed E-state index contributed by atoms with van der Waals surface area (Å²) in [4.78, 5) is 51.8. The number of amides is 2. The largest absolute Gasteiger partial charge is 0.493 e. The third-order valence-electron chi connectivity index (χ3n) is 9.73. The molecule has 16 nitrogen and oxygen atoms in total. The number of fused-ring (bicyclic) bond motifs is 2. The number of H-pyrrole nitrogens is 2. The van der Waals surface area contributed by atoms with Gasteiger partial charge in [0.15, 0.2) is 34.3 Å². The second-order valence-corrected chi connectivity index (χ2v) is 13.3. The van der Waals surface area contributed by atoms with Gasteiger partial charge in [-0.2, -0.15) is 0 Å². The fraction of sp³-hybridized carbons (Fsp3) is 0.333. The minimum absolute atomic E-state index is 0. The lowest BCUT2D eigenvalue weighted by atomic mass is 10.1. The highest BCUT2D eigenvalue weighted by molar-refractivity contribution is 6.05. The number of rotatable bonds is 10. The summed E-state index contributed by atoms with van der Waals surface area (Å²) in [6.07, 6.45) is 8.54. The van der Waals surface area contributed by atoms with E-state index in [1.54, 1.807) is 53.2 Å². The molecule has 4 aromatic heterocycles. The Labute approximate surface area is 329 Å². The molecule has 2 fully saturated rings. The van der Waals surface area contributed by atoms with Crippen LogP contribution in [0.1, 0.15) is 33.6 Å². The van der Waals surface area contributed by atoms with Gasteiger partial charge in [-0.25, -0.2) is 19.9 Å². The van der Waals surface area contributed by atoms with E-state index >= 15 is 0 Å². The van der Waals surface area contributed by atoms with Gasteiger partial charge in [-0.1, -0.05) is 0 Å². The number of aromatic nitrogens is 6. The third kappa shape index (κ3) is 8.46. The maximum atomic E-state index is 12.8. The molecule has 0 radical (unpaired) electrons. The molecule has 56 heavy (non-hydrogen) atoms. The van der Waals surface area contributed by atoms with Crippen LogP contribution in [0.5, 0.6) is 23.0 Å². The molecule has 2 unspecified atom stereocenters. The molecule has 2 aliphatic heterocycles.